The average molecular weight is 115 g/mol. The molecule has 0 heterocycles. The molecule has 0 aromatic heterocycles. The van der Waals surface area contributed by atoms with Gasteiger partial charge in [0.1, 0.15) is 5.71 Å². The van der Waals surface area contributed by atoms with Crippen LogP contribution in [0.5, 0.6) is 0 Å². The Bertz CT molecular complexity index is 119. The highest BCUT2D eigenvalue weighted by molar-refractivity contribution is 7.80. The zero-order chi connectivity index (χ0) is 5.86. The van der Waals surface area contributed by atoms with E-state index in [1.807, 2.05) is 0 Å². The molecule has 1 N–H and O–H groups in total. The van der Waals surface area contributed by atoms with Gasteiger partial charge in [0, 0.05) is 12.3 Å². The molecule has 0 aromatic carbocycles. The van der Waals surface area contributed by atoms with E-state index >= 15 is 0 Å². The van der Waals surface area contributed by atoms with Gasteiger partial charge in [-0.3, -0.25) is 10.2 Å². The Labute approximate surface area is 47.0 Å². The maximum absolute atomic E-state index is 10.1. The van der Waals surface area contributed by atoms with Gasteiger partial charge < -0.3 is 0 Å². The van der Waals surface area contributed by atoms with Crippen molar-refractivity contribution in [3.05, 3.63) is 0 Å². The second-order valence-corrected chi connectivity index (χ2v) is 1.32. The summed E-state index contributed by atoms with van der Waals surface area (Å²) in [4.78, 5) is 10.1. The largest absolute Gasteiger partial charge is 0.296 e. The first-order valence-corrected chi connectivity index (χ1v) is 2.20. The van der Waals surface area contributed by atoms with Crippen LogP contribution in [0.15, 0.2) is 0 Å². The minimum Gasteiger partial charge on any atom is -0.296 e. The van der Waals surface area contributed by atoms with Crippen LogP contribution in [0.1, 0.15) is 6.92 Å². The summed E-state index contributed by atoms with van der Waals surface area (Å²) in [7, 11) is 0. The number of thiocarbonyl (C=S) groups is 1. The third kappa shape index (κ3) is 2.17. The van der Waals surface area contributed by atoms with Gasteiger partial charge in [-0.15, -0.1) is 0 Å². The van der Waals surface area contributed by atoms with Gasteiger partial charge in [-0.2, -0.15) is 0 Å². The fourth-order valence-electron chi connectivity index (χ4n) is 0.0830. The van der Waals surface area contributed by atoms with Gasteiger partial charge in [-0.25, -0.2) is 0 Å². The van der Waals surface area contributed by atoms with Gasteiger partial charge in [0.25, 0.3) is 0 Å². The SMILES string of the molecule is CC(=O)C(=N)C=S. The summed E-state index contributed by atoms with van der Waals surface area (Å²) < 4.78 is 0. The zero-order valence-corrected chi connectivity index (χ0v) is 4.71. The van der Waals surface area contributed by atoms with E-state index in [9.17, 15) is 4.79 Å². The third-order valence-electron chi connectivity index (χ3n) is 0.497. The lowest BCUT2D eigenvalue weighted by Gasteiger charge is -1.80. The van der Waals surface area contributed by atoms with Crippen LogP contribution >= 0.6 is 12.2 Å². The maximum atomic E-state index is 10.1. The van der Waals surface area contributed by atoms with Gasteiger partial charge in [0.2, 0.25) is 0 Å². The average Bonchev–Trinajstić information content (AvgIpc) is 1.65. The van der Waals surface area contributed by atoms with Crippen LogP contribution < -0.4 is 0 Å². The van der Waals surface area contributed by atoms with Crippen molar-refractivity contribution in [2.24, 2.45) is 0 Å². The molecule has 2 nitrogen and oxygen atoms in total. The first kappa shape index (κ1) is 6.43. The summed E-state index contributed by atoms with van der Waals surface area (Å²) in [5, 5.41) is 7.74. The van der Waals surface area contributed by atoms with Gasteiger partial charge in [-0.05, 0) is 0 Å². The molecule has 0 amide bonds. The number of hydrogen-bond donors (Lipinski definition) is 1. The number of carbonyl (C=O) groups excluding carboxylic acids is 1. The van der Waals surface area contributed by atoms with Gasteiger partial charge >= 0.3 is 0 Å². The van der Waals surface area contributed by atoms with Crippen molar-refractivity contribution in [2.45, 2.75) is 6.92 Å². The molecule has 0 saturated carbocycles. The highest BCUT2D eigenvalue weighted by Gasteiger charge is 1.93. The topological polar surface area (TPSA) is 40.9 Å². The number of ketones is 1. The first-order valence-electron chi connectivity index (χ1n) is 1.73. The van der Waals surface area contributed by atoms with Crippen molar-refractivity contribution in [3.8, 4) is 0 Å². The molecule has 0 radical (unpaired) electrons. The molecule has 0 aliphatic rings. The molecular weight excluding hydrogens is 110 g/mol. The Balaban J connectivity index is 3.81. The molecule has 0 saturated heterocycles. The summed E-state index contributed by atoms with van der Waals surface area (Å²) in [6, 6.07) is 0. The predicted octanol–water partition coefficient (Wildman–Crippen LogP) is 0.595. The Morgan fingerprint density at radius 2 is 2.29 bits per heavy atom. The monoisotopic (exact) mass is 115 g/mol. The molecule has 0 bridgehead atoms. The minimum atomic E-state index is -0.282. The number of carbonyl (C=O) groups is 1. The molecule has 0 spiro atoms. The van der Waals surface area contributed by atoms with E-state index in [1.54, 1.807) is 0 Å². The normalized spacial score (nSPS) is 7.57. The minimum absolute atomic E-state index is 0.102. The lowest BCUT2D eigenvalue weighted by Crippen LogP contribution is -2.06. The van der Waals surface area contributed by atoms with E-state index in [0.717, 1.165) is 5.37 Å². The quantitative estimate of drug-likeness (QED) is 0.423. The Morgan fingerprint density at radius 1 is 1.86 bits per heavy atom. The maximum Gasteiger partial charge on any atom is 0.178 e. The molecule has 0 aliphatic carbocycles. The number of Topliss-reactive ketones (excluding diaryl/α,β-unsaturated/α-hetero) is 1. The molecule has 7 heavy (non-hydrogen) atoms. The van der Waals surface area contributed by atoms with Crippen molar-refractivity contribution in [1.29, 1.82) is 5.41 Å². The van der Waals surface area contributed by atoms with Crippen LogP contribution in [0.25, 0.3) is 0 Å². The van der Waals surface area contributed by atoms with Gasteiger partial charge in [-0.1, -0.05) is 12.2 Å². The summed E-state index contributed by atoms with van der Waals surface area (Å²) >= 11 is 4.28. The summed E-state index contributed by atoms with van der Waals surface area (Å²) in [5.41, 5.74) is -0.102. The van der Waals surface area contributed by atoms with E-state index in [2.05, 4.69) is 12.2 Å². The zero-order valence-electron chi connectivity index (χ0n) is 3.89. The summed E-state index contributed by atoms with van der Waals surface area (Å²) in [5.74, 6) is -0.282. The molecule has 38 valence electrons. The lowest BCUT2D eigenvalue weighted by atomic mass is 10.3. The van der Waals surface area contributed by atoms with E-state index < -0.39 is 0 Å². The fraction of sp³-hybridized carbons (Fsp3) is 0.250. The number of rotatable bonds is 2. The van der Waals surface area contributed by atoms with E-state index in [0.29, 0.717) is 0 Å². The van der Waals surface area contributed by atoms with Crippen molar-refractivity contribution in [1.82, 2.24) is 0 Å². The summed E-state index contributed by atoms with van der Waals surface area (Å²) in [6.45, 7) is 1.31. The van der Waals surface area contributed by atoms with Crippen LogP contribution in [-0.4, -0.2) is 16.9 Å². The lowest BCUT2D eigenvalue weighted by molar-refractivity contribution is -0.110. The van der Waals surface area contributed by atoms with E-state index in [-0.39, 0.29) is 11.5 Å². The number of nitrogens with one attached hydrogen (secondary N) is 1. The Kier molecular flexibility index (Phi) is 2.37. The van der Waals surface area contributed by atoms with Gasteiger partial charge in [0.05, 0.1) is 0 Å². The molecule has 0 aliphatic heterocycles. The highest BCUT2D eigenvalue weighted by Crippen LogP contribution is 1.68. The van der Waals surface area contributed by atoms with Crippen LogP contribution in [0.4, 0.5) is 0 Å². The second-order valence-electron chi connectivity index (χ2n) is 1.09. The molecule has 0 fully saturated rings. The standard InChI is InChI=1S/C4H5NOS/c1-3(6)4(5)2-7/h2,5H,1H3. The molecule has 0 rings (SSSR count). The van der Waals surface area contributed by atoms with Crippen LogP contribution in [-0.2, 0) is 4.79 Å². The molecule has 3 heteroatoms. The van der Waals surface area contributed by atoms with Crippen LogP contribution in [0.3, 0.4) is 0 Å². The first-order chi connectivity index (χ1) is 3.18. The highest BCUT2D eigenvalue weighted by atomic mass is 32.1. The molecule has 0 aromatic rings. The second kappa shape index (κ2) is 2.58. The van der Waals surface area contributed by atoms with Crippen LogP contribution in [0, 0.1) is 5.41 Å². The summed E-state index contributed by atoms with van der Waals surface area (Å²) in [6.07, 6.45) is 0. The molecular formula is C4H5NOS. The van der Waals surface area contributed by atoms with Crippen molar-refractivity contribution in [2.75, 3.05) is 0 Å². The molecule has 0 atom stereocenters. The Hall–Kier alpha value is -0.570. The van der Waals surface area contributed by atoms with Crippen molar-refractivity contribution < 1.29 is 4.79 Å². The molecule has 0 unspecified atom stereocenters. The van der Waals surface area contributed by atoms with Crippen LogP contribution in [0.2, 0.25) is 0 Å². The Morgan fingerprint density at radius 3 is 2.29 bits per heavy atom. The van der Waals surface area contributed by atoms with E-state index in [1.165, 1.54) is 6.92 Å². The van der Waals surface area contributed by atoms with Crippen molar-refractivity contribution >= 4 is 29.1 Å². The van der Waals surface area contributed by atoms with E-state index in [4.69, 9.17) is 5.41 Å². The fourth-order valence-corrected chi connectivity index (χ4v) is 0.249. The predicted molar refractivity (Wildman–Crippen MR) is 32.1 cm³/mol. The smallest absolute Gasteiger partial charge is 0.178 e. The third-order valence-corrected chi connectivity index (χ3v) is 0.733. The van der Waals surface area contributed by atoms with Gasteiger partial charge in [0.15, 0.2) is 5.78 Å². The van der Waals surface area contributed by atoms with Crippen molar-refractivity contribution in [3.63, 3.8) is 0 Å². The number of hydrogen-bond acceptors (Lipinski definition) is 3.